The molecule has 29 heavy (non-hydrogen) atoms. The number of aliphatic hydroxyl groups is 1. The quantitative estimate of drug-likeness (QED) is 0.0578. The summed E-state index contributed by atoms with van der Waals surface area (Å²) >= 11 is 0. The van der Waals surface area contributed by atoms with Crippen LogP contribution in [0.3, 0.4) is 0 Å². The first-order valence-corrected chi connectivity index (χ1v) is 8.57. The molecule has 11 N–H and O–H groups in total. The summed E-state index contributed by atoms with van der Waals surface area (Å²) in [6, 6.07) is -3.68. The van der Waals surface area contributed by atoms with E-state index in [2.05, 4.69) is 20.9 Å². The number of aliphatic hydroxyl groups excluding tert-OH is 1. The molecule has 0 saturated heterocycles. The molecular formula is C15H27N7O7. The molecule has 0 saturated carbocycles. The summed E-state index contributed by atoms with van der Waals surface area (Å²) in [5.74, 6) is -3.93. The molecule has 164 valence electrons. The number of carbonyl (C=O) groups excluding carboxylic acids is 4. The van der Waals surface area contributed by atoms with Gasteiger partial charge in [-0.15, -0.1) is 0 Å². The van der Waals surface area contributed by atoms with Crippen molar-refractivity contribution in [1.82, 2.24) is 16.0 Å². The molecule has 0 rings (SSSR count). The number of nitrogens with two attached hydrogens (primary N) is 3. The third-order valence-electron chi connectivity index (χ3n) is 3.45. The topological polar surface area (TPSA) is 252 Å². The molecule has 0 aromatic carbocycles. The SMILES string of the molecule is NC(N)=NCCCC(N)C(=O)NCC(=O)NC(CC(=O)O)C(=O)NC(C=O)CO. The number of aliphatic carboxylic acids is 1. The van der Waals surface area contributed by atoms with E-state index in [1.807, 2.05) is 0 Å². The molecule has 0 fully saturated rings. The highest BCUT2D eigenvalue weighted by Crippen LogP contribution is 1.96. The van der Waals surface area contributed by atoms with Gasteiger partial charge in [0.1, 0.15) is 18.4 Å². The van der Waals surface area contributed by atoms with Crippen molar-refractivity contribution in [3.05, 3.63) is 0 Å². The van der Waals surface area contributed by atoms with Gasteiger partial charge in [0.2, 0.25) is 17.7 Å². The molecule has 0 spiro atoms. The lowest BCUT2D eigenvalue weighted by molar-refractivity contribution is -0.141. The second-order valence-electron chi connectivity index (χ2n) is 5.92. The molecule has 0 heterocycles. The van der Waals surface area contributed by atoms with E-state index < -0.39 is 61.4 Å². The average molecular weight is 417 g/mol. The first kappa shape index (κ1) is 25.7. The number of nitrogens with one attached hydrogen (secondary N) is 3. The van der Waals surface area contributed by atoms with Crippen molar-refractivity contribution in [3.63, 3.8) is 0 Å². The van der Waals surface area contributed by atoms with Crippen LogP contribution in [0.15, 0.2) is 4.99 Å². The van der Waals surface area contributed by atoms with Crippen molar-refractivity contribution in [2.45, 2.75) is 37.4 Å². The highest BCUT2D eigenvalue weighted by Gasteiger charge is 2.26. The summed E-state index contributed by atoms with van der Waals surface area (Å²) in [5, 5.41) is 24.2. The van der Waals surface area contributed by atoms with Gasteiger partial charge in [0.25, 0.3) is 0 Å². The maximum absolute atomic E-state index is 12.0. The fourth-order valence-corrected chi connectivity index (χ4v) is 1.98. The van der Waals surface area contributed by atoms with Crippen molar-refractivity contribution < 1.29 is 34.2 Å². The van der Waals surface area contributed by atoms with Crippen molar-refractivity contribution in [1.29, 1.82) is 0 Å². The average Bonchev–Trinajstić information content (AvgIpc) is 2.65. The second-order valence-corrected chi connectivity index (χ2v) is 5.92. The Hall–Kier alpha value is -3.26. The van der Waals surface area contributed by atoms with Gasteiger partial charge in [-0.3, -0.25) is 24.2 Å². The number of rotatable bonds is 14. The van der Waals surface area contributed by atoms with Gasteiger partial charge < -0.3 is 48.2 Å². The van der Waals surface area contributed by atoms with Crippen LogP contribution in [-0.4, -0.2) is 84.0 Å². The summed E-state index contributed by atoms with van der Waals surface area (Å²) in [5.41, 5.74) is 16.0. The molecule has 0 aliphatic heterocycles. The number of amides is 3. The monoisotopic (exact) mass is 417 g/mol. The van der Waals surface area contributed by atoms with Gasteiger partial charge in [0, 0.05) is 6.54 Å². The van der Waals surface area contributed by atoms with Crippen LogP contribution in [0.1, 0.15) is 19.3 Å². The molecule has 0 bridgehead atoms. The van der Waals surface area contributed by atoms with Crippen LogP contribution in [0.25, 0.3) is 0 Å². The highest BCUT2D eigenvalue weighted by molar-refractivity contribution is 5.93. The van der Waals surface area contributed by atoms with Gasteiger partial charge in [0.15, 0.2) is 5.96 Å². The van der Waals surface area contributed by atoms with Gasteiger partial charge in [-0.1, -0.05) is 0 Å². The Morgan fingerprint density at radius 2 is 1.76 bits per heavy atom. The van der Waals surface area contributed by atoms with Crippen LogP contribution >= 0.6 is 0 Å². The first-order valence-electron chi connectivity index (χ1n) is 8.57. The molecule has 3 amide bonds. The molecule has 3 unspecified atom stereocenters. The minimum atomic E-state index is -1.51. The fourth-order valence-electron chi connectivity index (χ4n) is 1.98. The molecule has 0 aliphatic rings. The fraction of sp³-hybridized carbons (Fsp3) is 0.600. The summed E-state index contributed by atoms with van der Waals surface area (Å²) in [4.78, 5) is 61.0. The van der Waals surface area contributed by atoms with E-state index in [9.17, 15) is 24.0 Å². The van der Waals surface area contributed by atoms with E-state index in [0.717, 1.165) is 0 Å². The summed E-state index contributed by atoms with van der Waals surface area (Å²) in [7, 11) is 0. The Morgan fingerprint density at radius 1 is 1.10 bits per heavy atom. The zero-order valence-corrected chi connectivity index (χ0v) is 15.7. The maximum Gasteiger partial charge on any atom is 0.305 e. The van der Waals surface area contributed by atoms with Gasteiger partial charge in [-0.25, -0.2) is 0 Å². The van der Waals surface area contributed by atoms with Gasteiger partial charge in [-0.2, -0.15) is 0 Å². The van der Waals surface area contributed by atoms with E-state index in [-0.39, 0.29) is 25.2 Å². The Bertz CT molecular complexity index is 622. The first-order chi connectivity index (χ1) is 13.6. The third-order valence-corrected chi connectivity index (χ3v) is 3.45. The van der Waals surface area contributed by atoms with E-state index in [4.69, 9.17) is 27.4 Å². The minimum absolute atomic E-state index is 0.0851. The predicted molar refractivity (Wildman–Crippen MR) is 100 cm³/mol. The third kappa shape index (κ3) is 11.9. The highest BCUT2D eigenvalue weighted by atomic mass is 16.4. The smallest absolute Gasteiger partial charge is 0.305 e. The number of guanidine groups is 1. The number of carboxylic acid groups (broad SMARTS) is 1. The predicted octanol–water partition coefficient (Wildman–Crippen LogP) is -4.88. The standard InChI is InChI=1S/C15H27N7O7/c16-9(2-1-3-19-15(17)18)13(28)20-5-11(25)22-10(4-12(26)27)14(29)21-8(6-23)7-24/h6,8-10,24H,1-5,7,16H2,(H,20,28)(H,21,29)(H,22,25)(H,26,27)(H4,17,18,19). The maximum atomic E-state index is 12.0. The lowest BCUT2D eigenvalue weighted by Crippen LogP contribution is -2.53. The lowest BCUT2D eigenvalue weighted by atomic mass is 10.1. The van der Waals surface area contributed by atoms with E-state index in [1.54, 1.807) is 0 Å². The van der Waals surface area contributed by atoms with E-state index in [1.165, 1.54) is 0 Å². The Morgan fingerprint density at radius 3 is 2.28 bits per heavy atom. The summed E-state index contributed by atoms with van der Waals surface area (Å²) < 4.78 is 0. The van der Waals surface area contributed by atoms with Crippen molar-refractivity contribution in [2.75, 3.05) is 19.7 Å². The molecule has 14 heteroatoms. The summed E-state index contributed by atoms with van der Waals surface area (Å²) in [6.07, 6.45) is 0.171. The zero-order valence-electron chi connectivity index (χ0n) is 15.7. The molecular weight excluding hydrogens is 390 g/mol. The van der Waals surface area contributed by atoms with Gasteiger partial charge in [0.05, 0.1) is 25.6 Å². The van der Waals surface area contributed by atoms with Crippen LogP contribution in [0.5, 0.6) is 0 Å². The lowest BCUT2D eigenvalue weighted by Gasteiger charge is -2.19. The van der Waals surface area contributed by atoms with Gasteiger partial charge >= 0.3 is 5.97 Å². The van der Waals surface area contributed by atoms with Crippen LogP contribution < -0.4 is 33.2 Å². The molecule has 0 aromatic rings. The van der Waals surface area contributed by atoms with Crippen LogP contribution in [0.4, 0.5) is 0 Å². The van der Waals surface area contributed by atoms with Crippen LogP contribution in [0.2, 0.25) is 0 Å². The van der Waals surface area contributed by atoms with E-state index in [0.29, 0.717) is 6.42 Å². The molecule has 14 nitrogen and oxygen atoms in total. The number of hydrogen-bond acceptors (Lipinski definition) is 8. The molecule has 3 atom stereocenters. The molecule has 0 aromatic heterocycles. The van der Waals surface area contributed by atoms with Crippen LogP contribution in [0, 0.1) is 0 Å². The van der Waals surface area contributed by atoms with Crippen molar-refractivity contribution in [3.8, 4) is 0 Å². The van der Waals surface area contributed by atoms with E-state index >= 15 is 0 Å². The second kappa shape index (κ2) is 13.8. The van der Waals surface area contributed by atoms with Crippen LogP contribution in [-0.2, 0) is 24.0 Å². The van der Waals surface area contributed by atoms with Crippen molar-refractivity contribution in [2.24, 2.45) is 22.2 Å². The normalized spacial score (nSPS) is 13.3. The molecule has 0 radical (unpaired) electrons. The Balaban J connectivity index is 4.57. The Labute approximate surface area is 166 Å². The summed E-state index contributed by atoms with van der Waals surface area (Å²) in [6.45, 7) is -0.966. The molecule has 0 aliphatic carbocycles. The minimum Gasteiger partial charge on any atom is -0.481 e. The number of carbonyl (C=O) groups is 5. The number of hydrogen-bond donors (Lipinski definition) is 8. The Kier molecular flexibility index (Phi) is 12.3. The number of aldehydes is 1. The zero-order chi connectivity index (χ0) is 22.4. The van der Waals surface area contributed by atoms with Crippen molar-refractivity contribution >= 4 is 35.9 Å². The number of nitrogens with zero attached hydrogens (tertiary/aromatic N) is 1. The van der Waals surface area contributed by atoms with Gasteiger partial charge in [-0.05, 0) is 12.8 Å². The number of carboxylic acids is 1. The largest absolute Gasteiger partial charge is 0.481 e. The number of aliphatic imine (C=N–C) groups is 1.